The van der Waals surface area contributed by atoms with Crippen molar-refractivity contribution in [1.82, 2.24) is 0 Å². The Morgan fingerprint density at radius 3 is 2.06 bits per heavy atom. The smallest absolute Gasteiger partial charge is 0.311 e. The molecular formula is C12H22O4. The van der Waals surface area contributed by atoms with Gasteiger partial charge in [0.15, 0.2) is 0 Å². The molecule has 0 saturated heterocycles. The molecule has 4 nitrogen and oxygen atoms in total. The first-order valence-corrected chi connectivity index (χ1v) is 5.71. The van der Waals surface area contributed by atoms with Crippen LogP contribution >= 0.6 is 0 Å². The Bertz CT molecular complexity index is 237. The lowest BCUT2D eigenvalue weighted by Crippen LogP contribution is -2.32. The quantitative estimate of drug-likeness (QED) is 0.630. The lowest BCUT2D eigenvalue weighted by molar-refractivity contribution is -0.155. The Balaban J connectivity index is 4.62. The first-order valence-electron chi connectivity index (χ1n) is 5.71. The zero-order valence-corrected chi connectivity index (χ0v) is 10.7. The molecule has 0 spiro atoms. The number of ether oxygens (including phenoxy) is 2. The molecule has 0 bridgehead atoms. The van der Waals surface area contributed by atoms with Crippen molar-refractivity contribution < 1.29 is 19.1 Å². The third kappa shape index (κ3) is 3.83. The highest BCUT2D eigenvalue weighted by Gasteiger charge is 2.37. The van der Waals surface area contributed by atoms with Crippen molar-refractivity contribution in [1.29, 1.82) is 0 Å². The van der Waals surface area contributed by atoms with Gasteiger partial charge in [-0.3, -0.25) is 9.59 Å². The monoisotopic (exact) mass is 230 g/mol. The van der Waals surface area contributed by atoms with Crippen LogP contribution < -0.4 is 0 Å². The second kappa shape index (κ2) is 7.25. The molecule has 0 aromatic rings. The molecule has 0 amide bonds. The van der Waals surface area contributed by atoms with E-state index in [1.807, 2.05) is 13.8 Å². The first kappa shape index (κ1) is 14.9. The van der Waals surface area contributed by atoms with E-state index >= 15 is 0 Å². The number of esters is 2. The van der Waals surface area contributed by atoms with Crippen molar-refractivity contribution in [2.75, 3.05) is 14.2 Å². The van der Waals surface area contributed by atoms with E-state index in [2.05, 4.69) is 4.74 Å². The molecule has 1 atom stereocenters. The van der Waals surface area contributed by atoms with Crippen molar-refractivity contribution in [2.45, 2.75) is 46.0 Å². The molecule has 0 aromatic carbocycles. The van der Waals surface area contributed by atoms with Gasteiger partial charge in [-0.25, -0.2) is 0 Å². The van der Waals surface area contributed by atoms with E-state index in [0.29, 0.717) is 12.8 Å². The molecule has 0 aliphatic carbocycles. The molecule has 16 heavy (non-hydrogen) atoms. The molecule has 0 aliphatic heterocycles. The maximum absolute atomic E-state index is 11.8. The highest BCUT2D eigenvalue weighted by molar-refractivity contribution is 5.78. The minimum atomic E-state index is -0.530. The summed E-state index contributed by atoms with van der Waals surface area (Å²) in [6.07, 6.45) is 3.08. The summed E-state index contributed by atoms with van der Waals surface area (Å²) >= 11 is 0. The van der Waals surface area contributed by atoms with E-state index in [-0.39, 0.29) is 18.4 Å². The summed E-state index contributed by atoms with van der Waals surface area (Å²) in [5.41, 5.74) is -0.530. The predicted molar refractivity (Wildman–Crippen MR) is 60.9 cm³/mol. The number of rotatable bonds is 7. The van der Waals surface area contributed by atoms with Crippen molar-refractivity contribution in [3.63, 3.8) is 0 Å². The maximum Gasteiger partial charge on any atom is 0.311 e. The van der Waals surface area contributed by atoms with E-state index in [1.54, 1.807) is 0 Å². The van der Waals surface area contributed by atoms with Crippen LogP contribution in [-0.4, -0.2) is 26.2 Å². The first-order chi connectivity index (χ1) is 7.56. The fourth-order valence-electron chi connectivity index (χ4n) is 1.97. The Labute approximate surface area is 97.3 Å². The predicted octanol–water partition coefficient (Wildman–Crippen LogP) is 2.31. The van der Waals surface area contributed by atoms with Crippen LogP contribution in [0.2, 0.25) is 0 Å². The number of hydrogen-bond acceptors (Lipinski definition) is 4. The minimum Gasteiger partial charge on any atom is -0.469 e. The largest absolute Gasteiger partial charge is 0.469 e. The second-order valence-electron chi connectivity index (χ2n) is 3.95. The summed E-state index contributed by atoms with van der Waals surface area (Å²) < 4.78 is 9.42. The summed E-state index contributed by atoms with van der Waals surface area (Å²) in [4.78, 5) is 22.9. The van der Waals surface area contributed by atoms with Gasteiger partial charge in [-0.1, -0.05) is 20.3 Å². The summed E-state index contributed by atoms with van der Waals surface area (Å²) in [5, 5.41) is 0. The van der Waals surface area contributed by atoms with Gasteiger partial charge in [-0.05, 0) is 19.3 Å². The molecule has 0 aliphatic rings. The fraction of sp³-hybridized carbons (Fsp3) is 0.833. The molecule has 0 aromatic heterocycles. The van der Waals surface area contributed by atoms with Gasteiger partial charge in [0.25, 0.3) is 0 Å². The standard InChI is InChI=1S/C12H22O4/c1-5-8-12(6-2,11(14)16-4)9-7-10(13)15-3/h5-9H2,1-4H3. The molecule has 94 valence electrons. The van der Waals surface area contributed by atoms with Crippen molar-refractivity contribution >= 4 is 11.9 Å². The summed E-state index contributed by atoms with van der Waals surface area (Å²) in [6.45, 7) is 3.97. The van der Waals surface area contributed by atoms with Gasteiger partial charge < -0.3 is 9.47 Å². The van der Waals surface area contributed by atoms with E-state index in [4.69, 9.17) is 4.74 Å². The molecule has 1 unspecified atom stereocenters. The molecular weight excluding hydrogens is 208 g/mol. The van der Waals surface area contributed by atoms with Crippen LogP contribution in [0.25, 0.3) is 0 Å². The number of carbonyl (C=O) groups is 2. The van der Waals surface area contributed by atoms with Crippen LogP contribution in [0.15, 0.2) is 0 Å². The number of hydrogen-bond donors (Lipinski definition) is 0. The third-order valence-corrected chi connectivity index (χ3v) is 3.06. The molecule has 4 heteroatoms. The summed E-state index contributed by atoms with van der Waals surface area (Å²) in [7, 11) is 2.74. The zero-order valence-electron chi connectivity index (χ0n) is 10.7. The van der Waals surface area contributed by atoms with E-state index in [1.165, 1.54) is 14.2 Å². The minimum absolute atomic E-state index is 0.222. The average Bonchev–Trinajstić information content (AvgIpc) is 2.33. The molecule has 0 saturated carbocycles. The third-order valence-electron chi connectivity index (χ3n) is 3.06. The van der Waals surface area contributed by atoms with Gasteiger partial charge in [-0.2, -0.15) is 0 Å². The maximum atomic E-state index is 11.8. The lowest BCUT2D eigenvalue weighted by atomic mass is 9.77. The van der Waals surface area contributed by atoms with Gasteiger partial charge in [0.1, 0.15) is 0 Å². The summed E-state index contributed by atoms with van der Waals surface area (Å²) in [5.74, 6) is -0.501. The van der Waals surface area contributed by atoms with E-state index in [0.717, 1.165) is 12.8 Å². The average molecular weight is 230 g/mol. The molecule has 0 rings (SSSR count). The fourth-order valence-corrected chi connectivity index (χ4v) is 1.97. The van der Waals surface area contributed by atoms with Gasteiger partial charge >= 0.3 is 11.9 Å². The number of carbonyl (C=O) groups excluding carboxylic acids is 2. The van der Waals surface area contributed by atoms with Crippen molar-refractivity contribution in [2.24, 2.45) is 5.41 Å². The van der Waals surface area contributed by atoms with Gasteiger partial charge in [-0.15, -0.1) is 0 Å². The van der Waals surface area contributed by atoms with Crippen LogP contribution in [0.4, 0.5) is 0 Å². The van der Waals surface area contributed by atoms with Gasteiger partial charge in [0, 0.05) is 6.42 Å². The van der Waals surface area contributed by atoms with Crippen LogP contribution in [0.3, 0.4) is 0 Å². The van der Waals surface area contributed by atoms with Crippen LogP contribution in [0, 0.1) is 5.41 Å². The van der Waals surface area contributed by atoms with Gasteiger partial charge in [0.05, 0.1) is 19.6 Å². The second-order valence-corrected chi connectivity index (χ2v) is 3.95. The number of methoxy groups -OCH3 is 2. The molecule has 0 radical (unpaired) electrons. The van der Waals surface area contributed by atoms with Crippen LogP contribution in [0.1, 0.15) is 46.0 Å². The van der Waals surface area contributed by atoms with Crippen LogP contribution in [0.5, 0.6) is 0 Å². The topological polar surface area (TPSA) is 52.6 Å². The molecule has 0 heterocycles. The zero-order chi connectivity index (χ0) is 12.6. The van der Waals surface area contributed by atoms with E-state index in [9.17, 15) is 9.59 Å². The SMILES string of the molecule is CCCC(CC)(CCC(=O)OC)C(=O)OC. The highest BCUT2D eigenvalue weighted by Crippen LogP contribution is 2.35. The Hall–Kier alpha value is -1.06. The van der Waals surface area contributed by atoms with Crippen molar-refractivity contribution in [3.05, 3.63) is 0 Å². The van der Waals surface area contributed by atoms with E-state index < -0.39 is 5.41 Å². The Morgan fingerprint density at radius 2 is 1.69 bits per heavy atom. The highest BCUT2D eigenvalue weighted by atomic mass is 16.5. The van der Waals surface area contributed by atoms with Crippen molar-refractivity contribution in [3.8, 4) is 0 Å². The molecule has 0 fully saturated rings. The lowest BCUT2D eigenvalue weighted by Gasteiger charge is -2.29. The molecule has 0 N–H and O–H groups in total. The van der Waals surface area contributed by atoms with Gasteiger partial charge in [0.2, 0.25) is 0 Å². The Kier molecular flexibility index (Phi) is 6.77. The Morgan fingerprint density at radius 1 is 1.06 bits per heavy atom. The van der Waals surface area contributed by atoms with Crippen LogP contribution in [-0.2, 0) is 19.1 Å². The normalized spacial score (nSPS) is 14.0. The summed E-state index contributed by atoms with van der Waals surface area (Å²) in [6, 6.07) is 0.